The second-order valence-electron chi connectivity index (χ2n) is 9.69. The molecule has 0 spiro atoms. The van der Waals surface area contributed by atoms with Crippen LogP contribution in [0.1, 0.15) is 60.4 Å². The van der Waals surface area contributed by atoms with Gasteiger partial charge >= 0.3 is 0 Å². The minimum atomic E-state index is 0.0811. The number of aryl methyl sites for hydroxylation is 3. The summed E-state index contributed by atoms with van der Waals surface area (Å²) in [7, 11) is 1.72. The summed E-state index contributed by atoms with van der Waals surface area (Å²) in [5.74, 6) is 2.84. The molecule has 0 aromatic heterocycles. The molecule has 5 rings (SSSR count). The Kier molecular flexibility index (Phi) is 4.96. The van der Waals surface area contributed by atoms with E-state index in [4.69, 9.17) is 10.5 Å². The van der Waals surface area contributed by atoms with Gasteiger partial charge in [0, 0.05) is 23.1 Å². The molecule has 31 heavy (non-hydrogen) atoms. The number of ether oxygens (including phenoxy) is 1. The van der Waals surface area contributed by atoms with Crippen molar-refractivity contribution in [1.29, 1.82) is 0 Å². The maximum Gasteiger partial charge on any atom is 0.169 e. The van der Waals surface area contributed by atoms with Gasteiger partial charge in [0.15, 0.2) is 5.78 Å². The predicted octanol–water partition coefficient (Wildman–Crippen LogP) is 5.44. The average Bonchev–Trinajstić information content (AvgIpc) is 3.45. The zero-order chi connectivity index (χ0) is 21.9. The Bertz CT molecular complexity index is 1060. The van der Waals surface area contributed by atoms with Gasteiger partial charge in [0.25, 0.3) is 0 Å². The number of carbonyl (C=O) groups is 1. The fraction of sp³-hybridized carbons (Fsp3) is 0.464. The van der Waals surface area contributed by atoms with E-state index in [0.29, 0.717) is 23.5 Å². The highest BCUT2D eigenvalue weighted by Gasteiger charge is 2.60. The maximum absolute atomic E-state index is 13.8. The first-order chi connectivity index (χ1) is 15.0. The van der Waals surface area contributed by atoms with Crippen LogP contribution in [0.2, 0.25) is 0 Å². The van der Waals surface area contributed by atoms with Crippen LogP contribution in [0.4, 0.5) is 0 Å². The van der Waals surface area contributed by atoms with E-state index >= 15 is 0 Å². The summed E-state index contributed by atoms with van der Waals surface area (Å²) in [6.07, 6.45) is 4.04. The smallest absolute Gasteiger partial charge is 0.169 e. The van der Waals surface area contributed by atoms with Crippen LogP contribution in [0.25, 0.3) is 5.57 Å². The number of nitrogens with two attached hydrogens (primary N) is 1. The molecule has 2 fully saturated rings. The molecular weight excluding hydrogens is 382 g/mol. The monoisotopic (exact) mass is 415 g/mol. The van der Waals surface area contributed by atoms with Crippen molar-refractivity contribution in [3.63, 3.8) is 0 Å². The molecule has 5 atom stereocenters. The largest absolute Gasteiger partial charge is 0.497 e. The Balaban J connectivity index is 1.58. The molecule has 3 aliphatic carbocycles. The minimum absolute atomic E-state index is 0.0811. The third-order valence-electron chi connectivity index (χ3n) is 8.18. The van der Waals surface area contributed by atoms with Crippen molar-refractivity contribution in [3.05, 3.63) is 69.9 Å². The Morgan fingerprint density at radius 3 is 2.39 bits per heavy atom. The van der Waals surface area contributed by atoms with Crippen LogP contribution in [0.15, 0.2) is 42.1 Å². The van der Waals surface area contributed by atoms with Gasteiger partial charge in [0.05, 0.1) is 7.11 Å². The SMILES string of the molecule is CCc1cc(C)cc(CC)c1C1=C(N)[C@@H]2C3CC(CC3c3cccc(OC)c3)[C@@H]2C1=O. The van der Waals surface area contributed by atoms with Crippen LogP contribution < -0.4 is 10.5 Å². The topological polar surface area (TPSA) is 52.3 Å². The van der Waals surface area contributed by atoms with Crippen molar-refractivity contribution < 1.29 is 9.53 Å². The van der Waals surface area contributed by atoms with Crippen molar-refractivity contribution in [2.75, 3.05) is 7.11 Å². The second kappa shape index (κ2) is 7.55. The lowest BCUT2D eigenvalue weighted by molar-refractivity contribution is -0.118. The summed E-state index contributed by atoms with van der Waals surface area (Å²) in [5.41, 5.74) is 14.9. The van der Waals surface area contributed by atoms with E-state index < -0.39 is 0 Å². The van der Waals surface area contributed by atoms with E-state index in [1.54, 1.807) is 7.11 Å². The lowest BCUT2D eigenvalue weighted by Crippen LogP contribution is -2.30. The molecule has 2 bridgehead atoms. The van der Waals surface area contributed by atoms with Gasteiger partial charge in [-0.15, -0.1) is 0 Å². The molecule has 0 radical (unpaired) electrons. The molecule has 0 amide bonds. The van der Waals surface area contributed by atoms with Gasteiger partial charge < -0.3 is 10.5 Å². The first kappa shape index (κ1) is 20.4. The zero-order valence-corrected chi connectivity index (χ0v) is 19.1. The van der Waals surface area contributed by atoms with Crippen molar-refractivity contribution in [2.45, 2.75) is 52.4 Å². The fourth-order valence-electron chi connectivity index (χ4n) is 6.98. The highest BCUT2D eigenvalue weighted by atomic mass is 16.5. The van der Waals surface area contributed by atoms with E-state index in [2.05, 4.69) is 51.1 Å². The molecule has 0 heterocycles. The number of methoxy groups -OCH3 is 1. The average molecular weight is 416 g/mol. The number of fused-ring (bicyclic) bond motifs is 5. The van der Waals surface area contributed by atoms with Crippen LogP contribution >= 0.6 is 0 Å². The normalized spacial score (nSPS) is 29.0. The molecule has 2 N–H and O–H groups in total. The Morgan fingerprint density at radius 1 is 1.03 bits per heavy atom. The van der Waals surface area contributed by atoms with Crippen molar-refractivity contribution in [1.82, 2.24) is 0 Å². The van der Waals surface area contributed by atoms with E-state index in [-0.39, 0.29) is 11.8 Å². The van der Waals surface area contributed by atoms with Crippen LogP contribution in [0.5, 0.6) is 5.75 Å². The molecule has 3 nitrogen and oxygen atoms in total. The summed E-state index contributed by atoms with van der Waals surface area (Å²) < 4.78 is 5.47. The van der Waals surface area contributed by atoms with E-state index in [9.17, 15) is 4.79 Å². The second-order valence-corrected chi connectivity index (χ2v) is 9.69. The van der Waals surface area contributed by atoms with Crippen molar-refractivity contribution >= 4 is 11.4 Å². The molecule has 0 aliphatic heterocycles. The van der Waals surface area contributed by atoms with Gasteiger partial charge in [0.1, 0.15) is 5.75 Å². The lowest BCUT2D eigenvalue weighted by Gasteiger charge is -2.32. The quantitative estimate of drug-likeness (QED) is 0.708. The van der Waals surface area contributed by atoms with E-state index in [1.165, 1.54) is 22.3 Å². The third-order valence-corrected chi connectivity index (χ3v) is 8.18. The first-order valence-corrected chi connectivity index (χ1v) is 11.8. The summed E-state index contributed by atoms with van der Waals surface area (Å²) >= 11 is 0. The standard InChI is InChI=1S/C28H33NO2/c1-5-16-10-15(3)11-17(6-2)23(16)26-27(29)25-22-14-19(24(25)28(26)30)13-21(22)18-8-7-9-20(12-18)31-4/h7-12,19,21-22,24-25H,5-6,13-14,29H2,1-4H3/t19?,21?,22?,24-,25+/m0/s1. The number of rotatable bonds is 5. The Labute approximate surface area is 185 Å². The Morgan fingerprint density at radius 2 is 1.74 bits per heavy atom. The molecule has 0 saturated heterocycles. The van der Waals surface area contributed by atoms with Gasteiger partial charge in [-0.2, -0.15) is 0 Å². The molecular formula is C28H33NO2. The van der Waals surface area contributed by atoms with Gasteiger partial charge in [-0.05, 0) is 84.7 Å². The summed E-state index contributed by atoms with van der Waals surface area (Å²) in [6.45, 7) is 6.50. The molecule has 3 aliphatic rings. The van der Waals surface area contributed by atoms with Crippen LogP contribution in [0.3, 0.4) is 0 Å². The molecule has 2 aromatic rings. The first-order valence-electron chi connectivity index (χ1n) is 11.8. The van der Waals surface area contributed by atoms with Gasteiger partial charge in [-0.1, -0.05) is 43.7 Å². The number of hydrogen-bond donors (Lipinski definition) is 1. The molecule has 162 valence electrons. The van der Waals surface area contributed by atoms with Crippen LogP contribution in [0, 0.1) is 30.6 Å². The van der Waals surface area contributed by atoms with Crippen LogP contribution in [-0.2, 0) is 17.6 Å². The molecule has 2 aromatic carbocycles. The number of hydrogen-bond acceptors (Lipinski definition) is 3. The molecule has 3 heteroatoms. The number of benzene rings is 2. The van der Waals surface area contributed by atoms with Gasteiger partial charge in [0.2, 0.25) is 0 Å². The van der Waals surface area contributed by atoms with Gasteiger partial charge in [-0.25, -0.2) is 0 Å². The highest BCUT2D eigenvalue weighted by Crippen LogP contribution is 2.64. The third kappa shape index (κ3) is 2.96. The van der Waals surface area contributed by atoms with Crippen molar-refractivity contribution in [3.8, 4) is 5.75 Å². The summed E-state index contributed by atoms with van der Waals surface area (Å²) in [5, 5.41) is 0. The minimum Gasteiger partial charge on any atom is -0.497 e. The summed E-state index contributed by atoms with van der Waals surface area (Å²) in [4.78, 5) is 13.8. The van der Waals surface area contributed by atoms with E-state index in [0.717, 1.165) is 48.3 Å². The predicted molar refractivity (Wildman–Crippen MR) is 125 cm³/mol. The molecule has 3 unspecified atom stereocenters. The lowest BCUT2D eigenvalue weighted by atomic mass is 9.72. The number of Topliss-reactive ketones (excluding diaryl/α,β-unsaturated/α-hetero) is 1. The van der Waals surface area contributed by atoms with Crippen molar-refractivity contribution in [2.24, 2.45) is 29.4 Å². The van der Waals surface area contributed by atoms with Gasteiger partial charge in [-0.3, -0.25) is 4.79 Å². The Hall–Kier alpha value is -2.55. The highest BCUT2D eigenvalue weighted by molar-refractivity contribution is 6.26. The molecule has 2 saturated carbocycles. The van der Waals surface area contributed by atoms with E-state index in [1.807, 2.05) is 6.07 Å². The number of allylic oxidation sites excluding steroid dienone is 2. The number of carbonyl (C=O) groups excluding carboxylic acids is 1. The van der Waals surface area contributed by atoms with Crippen LogP contribution in [-0.4, -0.2) is 12.9 Å². The summed E-state index contributed by atoms with van der Waals surface area (Å²) in [6, 6.07) is 12.9. The zero-order valence-electron chi connectivity index (χ0n) is 19.1. The fourth-order valence-corrected chi connectivity index (χ4v) is 6.98. The number of ketones is 1. The maximum atomic E-state index is 13.8.